The highest BCUT2D eigenvalue weighted by Gasteiger charge is 2.50. The van der Waals surface area contributed by atoms with Gasteiger partial charge in [0.25, 0.3) is 0 Å². The van der Waals surface area contributed by atoms with Crippen LogP contribution < -0.4 is 26.0 Å². The SMILES string of the molecule is COC(OC)[Si]CCCOc1ccc(O)cc1[P+](c1ccc(C)cc1)(c1ccc(C)cc1)c1ccc(C)cc1. The molecule has 202 valence electrons. The van der Waals surface area contributed by atoms with Crippen molar-refractivity contribution < 1.29 is 19.3 Å². The third kappa shape index (κ3) is 6.62. The van der Waals surface area contributed by atoms with E-state index >= 15 is 0 Å². The van der Waals surface area contributed by atoms with E-state index in [1.54, 1.807) is 20.3 Å². The zero-order valence-electron chi connectivity index (χ0n) is 23.5. The minimum Gasteiger partial charge on any atom is -0.508 e. The number of methoxy groups -OCH3 is 2. The highest BCUT2D eigenvalue weighted by molar-refractivity contribution is 8.01. The van der Waals surface area contributed by atoms with Gasteiger partial charge in [-0.25, -0.2) is 0 Å². The van der Waals surface area contributed by atoms with Crippen molar-refractivity contribution in [1.82, 2.24) is 0 Å². The summed E-state index contributed by atoms with van der Waals surface area (Å²) in [6.07, 6.45) is 0.882. The van der Waals surface area contributed by atoms with Gasteiger partial charge in [-0.1, -0.05) is 59.1 Å². The van der Waals surface area contributed by atoms with Crippen LogP contribution in [0, 0.1) is 20.8 Å². The predicted molar refractivity (Wildman–Crippen MR) is 166 cm³/mol. The normalized spacial score (nSPS) is 11.6. The minimum atomic E-state index is -2.43. The third-order valence-corrected chi connectivity index (χ3v) is 12.6. The van der Waals surface area contributed by atoms with E-state index in [2.05, 4.69) is 93.6 Å². The van der Waals surface area contributed by atoms with Crippen LogP contribution in [0.25, 0.3) is 0 Å². The maximum Gasteiger partial charge on any atom is 0.162 e. The first-order valence-corrected chi connectivity index (χ1v) is 16.3. The molecule has 39 heavy (non-hydrogen) atoms. The summed E-state index contributed by atoms with van der Waals surface area (Å²) in [5.41, 5.74) is 3.63. The summed E-state index contributed by atoms with van der Waals surface area (Å²) in [5.74, 6) is 0.871. The second kappa shape index (κ2) is 13.4. The second-order valence-corrected chi connectivity index (χ2v) is 14.5. The monoisotopic (exact) mass is 557 g/mol. The zero-order chi connectivity index (χ0) is 27.8. The first-order chi connectivity index (χ1) is 18.9. The van der Waals surface area contributed by atoms with Crippen LogP contribution in [0.1, 0.15) is 23.1 Å². The lowest BCUT2D eigenvalue weighted by atomic mass is 10.2. The Labute approximate surface area is 236 Å². The Morgan fingerprint density at radius 1 is 0.692 bits per heavy atom. The van der Waals surface area contributed by atoms with Gasteiger partial charge in [-0.15, -0.1) is 0 Å². The molecule has 0 fully saturated rings. The molecule has 0 heterocycles. The smallest absolute Gasteiger partial charge is 0.162 e. The third-order valence-electron chi connectivity index (χ3n) is 6.89. The van der Waals surface area contributed by atoms with Gasteiger partial charge in [0, 0.05) is 20.3 Å². The van der Waals surface area contributed by atoms with E-state index in [1.807, 2.05) is 12.1 Å². The summed E-state index contributed by atoms with van der Waals surface area (Å²) in [6.45, 7) is 6.91. The Morgan fingerprint density at radius 3 is 1.59 bits per heavy atom. The Bertz CT molecular complexity index is 1220. The zero-order valence-corrected chi connectivity index (χ0v) is 25.4. The van der Waals surface area contributed by atoms with Gasteiger partial charge in [0.05, 0.1) is 6.61 Å². The van der Waals surface area contributed by atoms with Crippen molar-refractivity contribution in [3.63, 3.8) is 0 Å². The van der Waals surface area contributed by atoms with E-state index in [9.17, 15) is 5.11 Å². The predicted octanol–water partition coefficient (Wildman–Crippen LogP) is 5.40. The van der Waals surface area contributed by atoms with Gasteiger partial charge in [0.1, 0.15) is 44.4 Å². The lowest BCUT2D eigenvalue weighted by Crippen LogP contribution is -2.39. The molecule has 0 bridgehead atoms. The Balaban J connectivity index is 1.88. The van der Waals surface area contributed by atoms with Gasteiger partial charge in [-0.05, 0) is 75.7 Å². The van der Waals surface area contributed by atoms with Gasteiger partial charge in [-0.3, -0.25) is 0 Å². The van der Waals surface area contributed by atoms with Crippen molar-refractivity contribution in [2.75, 3.05) is 20.8 Å². The molecule has 4 aromatic carbocycles. The molecule has 0 aliphatic heterocycles. The molecule has 4 aromatic rings. The Kier molecular flexibility index (Phi) is 9.98. The number of aromatic hydroxyl groups is 1. The summed E-state index contributed by atoms with van der Waals surface area (Å²) in [4.78, 5) is 0. The second-order valence-electron chi connectivity index (χ2n) is 9.79. The topological polar surface area (TPSA) is 47.9 Å². The maximum atomic E-state index is 10.8. The minimum absolute atomic E-state index is 0.169. The highest BCUT2D eigenvalue weighted by atomic mass is 31.2. The number of rotatable bonds is 12. The van der Waals surface area contributed by atoms with Crippen LogP contribution in [-0.4, -0.2) is 41.4 Å². The summed E-state index contributed by atoms with van der Waals surface area (Å²) in [6, 6.07) is 33.0. The molecule has 0 spiro atoms. The lowest BCUT2D eigenvalue weighted by molar-refractivity contribution is -0.0441. The van der Waals surface area contributed by atoms with Gasteiger partial charge in [0.15, 0.2) is 11.1 Å². The molecule has 1 N–H and O–H groups in total. The molecule has 2 radical (unpaired) electrons. The van der Waals surface area contributed by atoms with Crippen molar-refractivity contribution in [2.45, 2.75) is 39.1 Å². The van der Waals surface area contributed by atoms with Crippen LogP contribution in [0.3, 0.4) is 0 Å². The summed E-state index contributed by atoms with van der Waals surface area (Å²) in [7, 11) is 1.46. The van der Waals surface area contributed by atoms with Crippen molar-refractivity contribution >= 4 is 38.0 Å². The van der Waals surface area contributed by atoms with Crippen molar-refractivity contribution in [3.8, 4) is 11.5 Å². The number of phenolic OH excluding ortho intramolecular Hbond substituents is 1. The molecule has 4 nitrogen and oxygen atoms in total. The quantitative estimate of drug-likeness (QED) is 0.110. The largest absolute Gasteiger partial charge is 0.508 e. The van der Waals surface area contributed by atoms with E-state index in [4.69, 9.17) is 14.2 Å². The van der Waals surface area contributed by atoms with E-state index in [-0.39, 0.29) is 11.7 Å². The molecule has 0 aliphatic carbocycles. The molecule has 0 amide bonds. The van der Waals surface area contributed by atoms with Crippen molar-refractivity contribution in [3.05, 3.63) is 108 Å². The summed E-state index contributed by atoms with van der Waals surface area (Å²) < 4.78 is 17.2. The Hall–Kier alpha value is -2.95. The molecule has 0 atom stereocenters. The van der Waals surface area contributed by atoms with Crippen LogP contribution in [0.5, 0.6) is 11.5 Å². The van der Waals surface area contributed by atoms with Crippen LogP contribution in [0.2, 0.25) is 6.04 Å². The van der Waals surface area contributed by atoms with E-state index < -0.39 is 7.26 Å². The molecule has 0 aromatic heterocycles. The fourth-order valence-corrected chi connectivity index (χ4v) is 10.0. The number of aryl methyl sites for hydroxylation is 3. The number of ether oxygens (including phenoxy) is 3. The Morgan fingerprint density at radius 2 is 1.15 bits per heavy atom. The van der Waals surface area contributed by atoms with E-state index in [0.717, 1.165) is 23.5 Å². The molecular formula is C33H38O4PSi+. The average molecular weight is 558 g/mol. The number of phenols is 1. The first-order valence-electron chi connectivity index (χ1n) is 13.2. The number of hydrogen-bond donors (Lipinski definition) is 1. The van der Waals surface area contributed by atoms with Gasteiger partial charge in [-0.2, -0.15) is 0 Å². The molecule has 0 saturated heterocycles. The number of hydrogen-bond acceptors (Lipinski definition) is 4. The average Bonchev–Trinajstić information content (AvgIpc) is 2.95. The molecule has 0 unspecified atom stereocenters. The molecule has 0 saturated carbocycles. The first kappa shape index (κ1) is 29.0. The fraction of sp³-hybridized carbons (Fsp3) is 0.273. The van der Waals surface area contributed by atoms with Crippen LogP contribution in [0.4, 0.5) is 0 Å². The molecule has 4 rings (SSSR count). The number of benzene rings is 4. The van der Waals surface area contributed by atoms with Gasteiger partial charge < -0.3 is 19.3 Å². The molecular weight excluding hydrogens is 519 g/mol. The van der Waals surface area contributed by atoms with Crippen molar-refractivity contribution in [2.24, 2.45) is 0 Å². The fourth-order valence-electron chi connectivity index (χ4n) is 4.80. The van der Waals surface area contributed by atoms with Crippen molar-refractivity contribution in [1.29, 1.82) is 0 Å². The maximum absolute atomic E-state index is 10.8. The molecule has 0 aliphatic rings. The van der Waals surface area contributed by atoms with E-state index in [0.29, 0.717) is 16.1 Å². The lowest BCUT2D eigenvalue weighted by Gasteiger charge is -2.29. The van der Waals surface area contributed by atoms with Crippen LogP contribution in [0.15, 0.2) is 91.0 Å². The standard InChI is InChI=1S/C33H37O4PSi/c1-24-7-14-28(15-8-24)38(29-16-9-25(2)10-17-29,30-18-11-26(3)12-19-30)32-23-27(34)13-20-31(32)37-21-6-22-39-33(35-4)36-5/h7-20,23,33H,6,21-22H2,1-5H3/p+1. The van der Waals surface area contributed by atoms with Gasteiger partial charge >= 0.3 is 0 Å². The summed E-state index contributed by atoms with van der Waals surface area (Å²) in [5, 5.41) is 15.5. The highest BCUT2D eigenvalue weighted by Crippen LogP contribution is 2.56. The van der Waals surface area contributed by atoms with Gasteiger partial charge in [0.2, 0.25) is 0 Å². The molecule has 6 heteroatoms. The summed E-state index contributed by atoms with van der Waals surface area (Å²) >= 11 is 0. The van der Waals surface area contributed by atoms with Crippen LogP contribution >= 0.6 is 7.26 Å². The van der Waals surface area contributed by atoms with E-state index in [1.165, 1.54) is 32.6 Å². The van der Waals surface area contributed by atoms with Crippen LogP contribution in [-0.2, 0) is 9.47 Å².